The summed E-state index contributed by atoms with van der Waals surface area (Å²) in [6, 6.07) is 17.7. The Balaban J connectivity index is 1.59. The number of aliphatic hydroxyl groups is 1. The molecule has 0 saturated heterocycles. The highest BCUT2D eigenvalue weighted by atomic mass is 16.5. The van der Waals surface area contributed by atoms with Crippen molar-refractivity contribution in [1.29, 1.82) is 0 Å². The summed E-state index contributed by atoms with van der Waals surface area (Å²) in [5.74, 6) is -0.500. The zero-order valence-corrected chi connectivity index (χ0v) is 24.7. The van der Waals surface area contributed by atoms with Crippen molar-refractivity contribution < 1.29 is 34.1 Å². The summed E-state index contributed by atoms with van der Waals surface area (Å²) >= 11 is 0. The molecule has 1 heterocycles. The van der Waals surface area contributed by atoms with Crippen molar-refractivity contribution in [1.82, 2.24) is 9.80 Å². The predicted molar refractivity (Wildman–Crippen MR) is 163 cm³/mol. The van der Waals surface area contributed by atoms with Crippen molar-refractivity contribution in [2.24, 2.45) is 5.92 Å². The van der Waals surface area contributed by atoms with Crippen LogP contribution in [0.3, 0.4) is 0 Å². The summed E-state index contributed by atoms with van der Waals surface area (Å²) in [5, 5.41) is 24.7. The van der Waals surface area contributed by atoms with E-state index in [4.69, 9.17) is 9.47 Å². The molecule has 3 aromatic carbocycles. The van der Waals surface area contributed by atoms with Crippen LogP contribution in [0.4, 0.5) is 16.2 Å². The van der Waals surface area contributed by atoms with E-state index in [9.17, 15) is 24.6 Å². The average molecular weight is 591 g/mol. The van der Waals surface area contributed by atoms with Gasteiger partial charge in [-0.25, -0.2) is 9.59 Å². The van der Waals surface area contributed by atoms with E-state index in [-0.39, 0.29) is 35.3 Å². The number of ether oxygens (including phenoxy) is 2. The first-order valence-corrected chi connectivity index (χ1v) is 14.0. The Labute approximate surface area is 251 Å². The van der Waals surface area contributed by atoms with Crippen LogP contribution in [0.1, 0.15) is 40.1 Å². The molecule has 0 aromatic heterocycles. The van der Waals surface area contributed by atoms with Crippen molar-refractivity contribution in [2.45, 2.75) is 32.5 Å². The number of carboxylic acids is 1. The van der Waals surface area contributed by atoms with Gasteiger partial charge in [-0.2, -0.15) is 0 Å². The van der Waals surface area contributed by atoms with E-state index in [1.54, 1.807) is 85.7 Å². The van der Waals surface area contributed by atoms with Crippen LogP contribution in [0.2, 0.25) is 0 Å². The van der Waals surface area contributed by atoms with Crippen molar-refractivity contribution in [3.05, 3.63) is 83.4 Å². The number of methoxy groups -OCH3 is 1. The fourth-order valence-electron chi connectivity index (χ4n) is 4.95. The molecule has 11 heteroatoms. The van der Waals surface area contributed by atoms with Crippen molar-refractivity contribution in [2.75, 3.05) is 44.5 Å². The lowest BCUT2D eigenvalue weighted by Gasteiger charge is -2.38. The Kier molecular flexibility index (Phi) is 10.2. The van der Waals surface area contributed by atoms with Crippen molar-refractivity contribution in [3.8, 4) is 11.5 Å². The van der Waals surface area contributed by atoms with Crippen LogP contribution in [-0.4, -0.2) is 83.9 Å². The molecule has 11 nitrogen and oxygen atoms in total. The van der Waals surface area contributed by atoms with E-state index in [2.05, 4.69) is 15.5 Å². The van der Waals surface area contributed by atoms with Crippen LogP contribution in [0, 0.1) is 5.92 Å². The molecule has 3 amide bonds. The highest BCUT2D eigenvalue weighted by molar-refractivity contribution is 6.04. The number of nitrogens with one attached hydrogen (secondary N) is 2. The number of hydrogen-bond acceptors (Lipinski definition) is 7. The Morgan fingerprint density at radius 2 is 1.79 bits per heavy atom. The second-order valence-electron chi connectivity index (χ2n) is 10.8. The van der Waals surface area contributed by atoms with Crippen LogP contribution in [0.25, 0.3) is 0 Å². The molecule has 0 radical (unpaired) electrons. The molecule has 1 aliphatic rings. The fourth-order valence-corrected chi connectivity index (χ4v) is 4.95. The molecule has 228 valence electrons. The van der Waals surface area contributed by atoms with E-state index < -0.39 is 24.1 Å². The number of rotatable bonds is 10. The molecule has 0 saturated carbocycles. The number of anilines is 2. The van der Waals surface area contributed by atoms with Gasteiger partial charge in [-0.3, -0.25) is 9.69 Å². The number of hydrogen-bond donors (Lipinski definition) is 4. The highest BCUT2D eigenvalue weighted by Gasteiger charge is 2.34. The lowest BCUT2D eigenvalue weighted by molar-refractivity contribution is 0.0343. The molecule has 0 bridgehead atoms. The van der Waals surface area contributed by atoms with E-state index in [0.29, 0.717) is 36.8 Å². The zero-order chi connectivity index (χ0) is 31.1. The Morgan fingerprint density at radius 1 is 1.09 bits per heavy atom. The molecule has 0 unspecified atom stereocenters. The van der Waals surface area contributed by atoms with Gasteiger partial charge in [0, 0.05) is 31.2 Å². The van der Waals surface area contributed by atoms with Crippen LogP contribution in [0.5, 0.6) is 11.5 Å². The number of carbonyl (C=O) groups is 3. The fraction of sp³-hybridized carbons (Fsp3) is 0.344. The number of carboxylic acid groups (broad SMARTS) is 1. The van der Waals surface area contributed by atoms with Crippen molar-refractivity contribution in [3.63, 3.8) is 0 Å². The van der Waals surface area contributed by atoms with E-state index >= 15 is 0 Å². The molecule has 43 heavy (non-hydrogen) atoms. The average Bonchev–Trinajstić information content (AvgIpc) is 2.99. The highest BCUT2D eigenvalue weighted by Crippen LogP contribution is 2.35. The summed E-state index contributed by atoms with van der Waals surface area (Å²) in [5.41, 5.74) is 2.33. The summed E-state index contributed by atoms with van der Waals surface area (Å²) in [6.07, 6.45) is -0.392. The molecule has 4 N–H and O–H groups in total. The number of fused-ring (bicyclic) bond motifs is 1. The minimum Gasteiger partial charge on any atom is -0.497 e. The van der Waals surface area contributed by atoms with Crippen LogP contribution < -0.4 is 20.1 Å². The normalized spacial score (nSPS) is 17.3. The molecule has 1 aliphatic heterocycles. The van der Waals surface area contributed by atoms with E-state index in [1.807, 2.05) is 14.0 Å². The van der Waals surface area contributed by atoms with E-state index in [0.717, 1.165) is 5.56 Å². The van der Waals surface area contributed by atoms with Gasteiger partial charge in [0.25, 0.3) is 5.91 Å². The monoisotopic (exact) mass is 590 g/mol. The van der Waals surface area contributed by atoms with Crippen LogP contribution >= 0.6 is 0 Å². The maximum Gasteiger partial charge on any atom is 0.335 e. The predicted octanol–water partition coefficient (Wildman–Crippen LogP) is 4.39. The second kappa shape index (κ2) is 14.0. The van der Waals surface area contributed by atoms with Gasteiger partial charge in [0.2, 0.25) is 0 Å². The topological polar surface area (TPSA) is 141 Å². The maximum absolute atomic E-state index is 13.7. The third-order valence-corrected chi connectivity index (χ3v) is 7.43. The molecule has 0 fully saturated rings. The summed E-state index contributed by atoms with van der Waals surface area (Å²) in [6.45, 7) is 4.96. The van der Waals surface area contributed by atoms with Gasteiger partial charge >= 0.3 is 12.0 Å². The third-order valence-electron chi connectivity index (χ3n) is 7.43. The van der Waals surface area contributed by atoms with Crippen LogP contribution in [0.15, 0.2) is 66.7 Å². The van der Waals surface area contributed by atoms with Gasteiger partial charge < -0.3 is 35.2 Å². The first-order chi connectivity index (χ1) is 20.6. The van der Waals surface area contributed by atoms with Gasteiger partial charge in [0.15, 0.2) is 5.75 Å². The first kappa shape index (κ1) is 31.3. The standard InChI is InChI=1S/C32H38N4O7/c1-20-16-36(21(2)19-37)30(38)26-6-5-7-27(34-32(41)33-24-12-14-25(42-4)15-13-24)29(26)43-28(20)18-35(3)17-22-8-10-23(11-9-22)31(39)40/h5-15,20-21,28,37H,16-19H2,1-4H3,(H,39,40)(H2,33,34,41)/t20-,21-,28-/m1/s1. The quantitative estimate of drug-likeness (QED) is 0.273. The number of nitrogens with zero attached hydrogens (tertiary/aromatic N) is 2. The molecule has 3 atom stereocenters. The largest absolute Gasteiger partial charge is 0.497 e. The van der Waals surface area contributed by atoms with Gasteiger partial charge in [0.05, 0.1) is 36.6 Å². The third kappa shape index (κ3) is 7.82. The summed E-state index contributed by atoms with van der Waals surface area (Å²) < 4.78 is 11.7. The maximum atomic E-state index is 13.7. The smallest absolute Gasteiger partial charge is 0.335 e. The Bertz CT molecular complexity index is 1430. The molecule has 4 rings (SSSR count). The first-order valence-electron chi connectivity index (χ1n) is 14.0. The van der Waals surface area contributed by atoms with Crippen LogP contribution in [-0.2, 0) is 6.54 Å². The zero-order valence-electron chi connectivity index (χ0n) is 24.7. The number of benzene rings is 3. The molecular formula is C32H38N4O7. The minimum absolute atomic E-state index is 0.135. The van der Waals surface area contributed by atoms with Gasteiger partial charge in [0.1, 0.15) is 11.9 Å². The number of urea groups is 1. The van der Waals surface area contributed by atoms with Gasteiger partial charge in [-0.1, -0.05) is 25.1 Å². The second-order valence-corrected chi connectivity index (χ2v) is 10.8. The number of para-hydroxylation sites is 1. The summed E-state index contributed by atoms with van der Waals surface area (Å²) in [7, 11) is 3.50. The number of likely N-dealkylation sites (N-methyl/N-ethyl adjacent to an activating group) is 1. The molecule has 0 aliphatic carbocycles. The summed E-state index contributed by atoms with van der Waals surface area (Å²) in [4.78, 5) is 41.6. The van der Waals surface area contributed by atoms with E-state index in [1.165, 1.54) is 0 Å². The number of aliphatic hydroxyl groups excluding tert-OH is 1. The molecule has 0 spiro atoms. The lowest BCUT2D eigenvalue weighted by atomic mass is 9.98. The number of carbonyl (C=O) groups excluding carboxylic acids is 2. The minimum atomic E-state index is -0.978. The molecule has 3 aromatic rings. The lowest BCUT2D eigenvalue weighted by Crippen LogP contribution is -2.49. The number of amides is 3. The number of aromatic carboxylic acids is 1. The van der Waals surface area contributed by atoms with Gasteiger partial charge in [-0.05, 0) is 68.1 Å². The van der Waals surface area contributed by atoms with Gasteiger partial charge in [-0.15, -0.1) is 0 Å². The van der Waals surface area contributed by atoms with Crippen molar-refractivity contribution >= 4 is 29.3 Å². The SMILES string of the molecule is COc1ccc(NC(=O)Nc2cccc3c2O[C@H](CN(C)Cc2ccc(C(=O)O)cc2)[C@H](C)CN([C@H](C)CO)C3=O)cc1. The Morgan fingerprint density at radius 3 is 2.42 bits per heavy atom. The Hall–Kier alpha value is -4.61. The molecular weight excluding hydrogens is 552 g/mol.